The Balaban J connectivity index is 0.00000300. The van der Waals surface area contributed by atoms with Crippen LogP contribution in [0.4, 0.5) is 0 Å². The monoisotopic (exact) mass is 450 g/mol. The van der Waals surface area contributed by atoms with Gasteiger partial charge in [0, 0.05) is 17.4 Å². The largest absolute Gasteiger partial charge is 1.00 e. The first-order valence-electron chi connectivity index (χ1n) is 8.05. The summed E-state index contributed by atoms with van der Waals surface area (Å²) in [6, 6.07) is 2.08. The Labute approximate surface area is 192 Å². The number of fused-ring (bicyclic) bond motifs is 1. The van der Waals surface area contributed by atoms with Gasteiger partial charge in [0.15, 0.2) is 15.2 Å². The topological polar surface area (TPSA) is 150 Å². The summed E-state index contributed by atoms with van der Waals surface area (Å²) >= 11 is 1.33. The van der Waals surface area contributed by atoms with Gasteiger partial charge in [-0.2, -0.15) is 0 Å². The van der Waals surface area contributed by atoms with E-state index < -0.39 is 63.1 Å². The van der Waals surface area contributed by atoms with Crippen LogP contribution >= 0.6 is 11.3 Å². The Hall–Kier alpha value is -1.73. The van der Waals surface area contributed by atoms with Gasteiger partial charge in [0.25, 0.3) is 5.91 Å². The number of carbonyl (C=O) groups excluding carboxylic acids is 4. The van der Waals surface area contributed by atoms with Crippen molar-refractivity contribution in [2.75, 3.05) is 12.4 Å². The van der Waals surface area contributed by atoms with Crippen LogP contribution in [-0.4, -0.2) is 60.8 Å². The summed E-state index contributed by atoms with van der Waals surface area (Å²) < 4.78 is 29.9. The zero-order chi connectivity index (χ0) is 20.6. The first kappa shape index (κ1) is 23.5. The van der Waals surface area contributed by atoms with Crippen molar-refractivity contribution in [2.45, 2.75) is 24.8 Å². The molecule has 1 aromatic heterocycles. The van der Waals surface area contributed by atoms with E-state index in [1.165, 1.54) is 11.3 Å². The van der Waals surface area contributed by atoms with Crippen LogP contribution in [0.1, 0.15) is 11.8 Å². The molecule has 1 fully saturated rings. The molecule has 1 saturated heterocycles. The number of carboxylic acids is 1. The standard InChI is InChI=1S/C16H16N2O8S2.Na/c1-8(19)26-6-9-7-28(24,25)15-12(14(21)18(15)13(9)16(22)23)17-11(20)5-10-3-2-4-27-10;/h2-4,12,15H,5-7H2,1H3,(H,17,20)(H,22,23);/q;+1/p-1/t12-,15-;/m0./s1. The number of nitrogens with zero attached hydrogens (tertiary/aromatic N) is 1. The smallest absolute Gasteiger partial charge is 0.543 e. The van der Waals surface area contributed by atoms with Gasteiger partial charge in [0.2, 0.25) is 5.91 Å². The summed E-state index contributed by atoms with van der Waals surface area (Å²) in [6.07, 6.45) is -0.0326. The number of aliphatic carboxylic acids is 1. The van der Waals surface area contributed by atoms with Crippen molar-refractivity contribution in [1.82, 2.24) is 10.2 Å². The summed E-state index contributed by atoms with van der Waals surface area (Å²) in [5, 5.41) is 14.1. The number of hydrogen-bond donors (Lipinski definition) is 1. The molecule has 3 rings (SSSR count). The molecule has 2 aliphatic heterocycles. The van der Waals surface area contributed by atoms with Gasteiger partial charge in [-0.3, -0.25) is 19.3 Å². The summed E-state index contributed by atoms with van der Waals surface area (Å²) in [6.45, 7) is 0.483. The van der Waals surface area contributed by atoms with Crippen LogP contribution in [-0.2, 0) is 40.2 Å². The van der Waals surface area contributed by atoms with E-state index >= 15 is 0 Å². The second-order valence-corrected chi connectivity index (χ2v) is 9.36. The second-order valence-electron chi connectivity index (χ2n) is 6.23. The van der Waals surface area contributed by atoms with Gasteiger partial charge in [0.05, 0.1) is 23.8 Å². The number of nitrogens with one attached hydrogen (secondary N) is 1. The summed E-state index contributed by atoms with van der Waals surface area (Å²) in [5.41, 5.74) is -0.905. The quantitative estimate of drug-likeness (QED) is 0.257. The number of thiophene rings is 1. The second kappa shape index (κ2) is 8.96. The molecule has 29 heavy (non-hydrogen) atoms. The Morgan fingerprint density at radius 1 is 1.38 bits per heavy atom. The Kier molecular flexibility index (Phi) is 7.28. The van der Waals surface area contributed by atoms with Gasteiger partial charge >= 0.3 is 35.5 Å². The number of ether oxygens (including phenoxy) is 1. The predicted octanol–water partition coefficient (Wildman–Crippen LogP) is -5.06. The van der Waals surface area contributed by atoms with Crippen molar-refractivity contribution >= 4 is 44.9 Å². The molecular weight excluding hydrogens is 435 g/mol. The first-order valence-corrected chi connectivity index (χ1v) is 10.6. The Morgan fingerprint density at radius 3 is 2.62 bits per heavy atom. The Morgan fingerprint density at radius 2 is 2.07 bits per heavy atom. The van der Waals surface area contributed by atoms with Crippen LogP contribution in [0.5, 0.6) is 0 Å². The van der Waals surface area contributed by atoms with Crippen molar-refractivity contribution in [2.24, 2.45) is 0 Å². The summed E-state index contributed by atoms with van der Waals surface area (Å²) in [5.74, 6) is -4.67. The summed E-state index contributed by atoms with van der Waals surface area (Å²) in [7, 11) is -4.02. The van der Waals surface area contributed by atoms with Crippen LogP contribution in [0.15, 0.2) is 28.8 Å². The van der Waals surface area contributed by atoms with Gasteiger partial charge in [0.1, 0.15) is 12.6 Å². The number of carbonyl (C=O) groups is 4. The average molecular weight is 450 g/mol. The SMILES string of the molecule is CC(=O)OCC1=C(C(=O)[O-])N2C(=O)[C@H](NC(=O)Cc3cccs3)[C@@H]2S(=O)(=O)C1.[Na+]. The molecule has 0 bridgehead atoms. The molecule has 10 nitrogen and oxygen atoms in total. The third-order valence-electron chi connectivity index (χ3n) is 4.24. The van der Waals surface area contributed by atoms with Gasteiger partial charge < -0.3 is 20.0 Å². The molecular formula is C16H15N2NaO8S2. The van der Waals surface area contributed by atoms with E-state index in [4.69, 9.17) is 0 Å². The number of esters is 1. The molecule has 0 aliphatic carbocycles. The van der Waals surface area contributed by atoms with Crippen LogP contribution in [0.3, 0.4) is 0 Å². The van der Waals surface area contributed by atoms with Gasteiger partial charge in [-0.25, -0.2) is 8.42 Å². The van der Waals surface area contributed by atoms with Gasteiger partial charge in [-0.15, -0.1) is 11.3 Å². The number of β-lactam (4-membered cyclic amide) rings is 1. The minimum absolute atomic E-state index is 0. The first-order chi connectivity index (χ1) is 13.1. The minimum Gasteiger partial charge on any atom is -0.543 e. The van der Waals surface area contributed by atoms with E-state index in [1.807, 2.05) is 0 Å². The molecule has 150 valence electrons. The fraction of sp³-hybridized carbons (Fsp3) is 0.375. The van der Waals surface area contributed by atoms with Crippen molar-refractivity contribution in [3.05, 3.63) is 33.7 Å². The number of hydrogen-bond acceptors (Lipinski definition) is 9. The van der Waals surface area contributed by atoms with E-state index in [9.17, 15) is 32.7 Å². The van der Waals surface area contributed by atoms with Crippen LogP contribution < -0.4 is 40.0 Å². The van der Waals surface area contributed by atoms with E-state index in [0.717, 1.165) is 11.8 Å². The molecule has 0 unspecified atom stereocenters. The van der Waals surface area contributed by atoms with Crippen LogP contribution in [0.2, 0.25) is 0 Å². The maximum absolute atomic E-state index is 12.6. The maximum atomic E-state index is 12.6. The molecule has 1 N–H and O–H groups in total. The zero-order valence-corrected chi connectivity index (χ0v) is 19.2. The molecule has 13 heteroatoms. The molecule has 2 atom stereocenters. The Bertz CT molecular complexity index is 987. The number of sulfone groups is 1. The molecule has 0 aromatic carbocycles. The predicted molar refractivity (Wildman–Crippen MR) is 93.0 cm³/mol. The molecule has 2 amide bonds. The third-order valence-corrected chi connectivity index (χ3v) is 7.08. The van der Waals surface area contributed by atoms with Crippen LogP contribution in [0, 0.1) is 0 Å². The minimum atomic E-state index is -4.02. The van der Waals surface area contributed by atoms with E-state index in [-0.39, 0.29) is 41.6 Å². The van der Waals surface area contributed by atoms with Gasteiger partial charge in [-0.05, 0) is 11.4 Å². The fourth-order valence-corrected chi connectivity index (χ4v) is 5.82. The van der Waals surface area contributed by atoms with E-state index in [0.29, 0.717) is 4.90 Å². The fourth-order valence-electron chi connectivity index (χ4n) is 3.11. The van der Waals surface area contributed by atoms with Crippen molar-refractivity contribution in [3.63, 3.8) is 0 Å². The van der Waals surface area contributed by atoms with Gasteiger partial charge in [-0.1, -0.05) is 6.07 Å². The molecule has 0 saturated carbocycles. The number of amides is 2. The van der Waals surface area contributed by atoms with E-state index in [2.05, 4.69) is 10.1 Å². The normalized spacial score (nSPS) is 22.1. The number of rotatable bonds is 6. The van der Waals surface area contributed by atoms with Crippen molar-refractivity contribution < 1.29 is 67.0 Å². The molecule has 0 spiro atoms. The molecule has 2 aliphatic rings. The van der Waals surface area contributed by atoms with Crippen LogP contribution in [0.25, 0.3) is 0 Å². The molecule has 0 radical (unpaired) electrons. The van der Waals surface area contributed by atoms with Crippen molar-refractivity contribution in [3.8, 4) is 0 Å². The van der Waals surface area contributed by atoms with Crippen molar-refractivity contribution in [1.29, 1.82) is 0 Å². The molecule has 1 aromatic rings. The summed E-state index contributed by atoms with van der Waals surface area (Å²) in [4.78, 5) is 48.4. The maximum Gasteiger partial charge on any atom is 1.00 e. The zero-order valence-electron chi connectivity index (χ0n) is 15.5. The average Bonchev–Trinajstić information content (AvgIpc) is 3.09. The number of carboxylic acid groups (broad SMARTS) is 1. The van der Waals surface area contributed by atoms with E-state index in [1.54, 1.807) is 17.5 Å². The third kappa shape index (κ3) is 4.72. The molecule has 3 heterocycles.